The Labute approximate surface area is 211 Å². The van der Waals surface area contributed by atoms with Crippen molar-refractivity contribution in [2.75, 3.05) is 51.3 Å². The highest BCUT2D eigenvalue weighted by Crippen LogP contribution is 2.22. The fourth-order valence-electron chi connectivity index (χ4n) is 3.86. The van der Waals surface area contributed by atoms with Gasteiger partial charge >= 0.3 is 0 Å². The van der Waals surface area contributed by atoms with Crippen LogP contribution < -0.4 is 0 Å². The van der Waals surface area contributed by atoms with Crippen LogP contribution in [-0.2, 0) is 12.8 Å². The summed E-state index contributed by atoms with van der Waals surface area (Å²) in [6, 6.07) is 21.4. The Kier molecular flexibility index (Phi) is 9.25. The van der Waals surface area contributed by atoms with E-state index in [9.17, 15) is 0 Å². The first kappa shape index (κ1) is 24.0. The molecular formula is C24H30N4S4. The lowest BCUT2D eigenvalue weighted by Crippen LogP contribution is -2.51. The van der Waals surface area contributed by atoms with Gasteiger partial charge in [-0.05, 0) is 24.0 Å². The molecule has 4 rings (SSSR count). The van der Waals surface area contributed by atoms with Gasteiger partial charge in [-0.25, -0.2) is 0 Å². The van der Waals surface area contributed by atoms with Gasteiger partial charge in [-0.2, -0.15) is 0 Å². The molecule has 2 saturated heterocycles. The molecule has 2 fully saturated rings. The van der Waals surface area contributed by atoms with Crippen molar-refractivity contribution in [3.63, 3.8) is 0 Å². The zero-order valence-corrected chi connectivity index (χ0v) is 21.5. The first-order chi connectivity index (χ1) is 15.7. The lowest BCUT2D eigenvalue weighted by atomic mass is 10.1. The van der Waals surface area contributed by atoms with Crippen molar-refractivity contribution in [3.05, 3.63) is 71.8 Å². The summed E-state index contributed by atoms with van der Waals surface area (Å²) in [6.45, 7) is 5.76. The lowest BCUT2D eigenvalue weighted by Gasteiger charge is -2.40. The molecule has 0 N–H and O–H groups in total. The molecule has 2 aliphatic rings. The third kappa shape index (κ3) is 7.17. The summed E-state index contributed by atoms with van der Waals surface area (Å²) in [5.74, 6) is 1.96. The van der Waals surface area contributed by atoms with E-state index < -0.39 is 0 Å². The molecule has 0 amide bonds. The third-order valence-corrected chi connectivity index (χ3v) is 8.98. The zero-order chi connectivity index (χ0) is 22.2. The van der Waals surface area contributed by atoms with Crippen molar-refractivity contribution in [2.45, 2.75) is 12.8 Å². The van der Waals surface area contributed by atoms with Crippen LogP contribution in [0.2, 0.25) is 0 Å². The van der Waals surface area contributed by atoms with Gasteiger partial charge in [0, 0.05) is 26.2 Å². The minimum absolute atomic E-state index is 0.907. The minimum Gasteiger partial charge on any atom is -0.343 e. The van der Waals surface area contributed by atoms with E-state index in [1.54, 1.807) is 23.5 Å². The predicted molar refractivity (Wildman–Crippen MR) is 147 cm³/mol. The standard InChI is InChI=1S/C24H30N4S4/c29-23-27(17-25(19-31-23)13-11-21-7-3-1-4-8-21)15-16-28-18-26(20-32-24(28)30)14-12-22-9-5-2-6-10-22/h1-10H,11-20H2. The maximum Gasteiger partial charge on any atom is 0.138 e. The van der Waals surface area contributed by atoms with Crippen molar-refractivity contribution in [1.82, 2.24) is 19.6 Å². The van der Waals surface area contributed by atoms with Crippen LogP contribution in [-0.4, -0.2) is 79.5 Å². The molecule has 0 atom stereocenters. The van der Waals surface area contributed by atoms with Gasteiger partial charge in [0.05, 0.1) is 25.1 Å². The van der Waals surface area contributed by atoms with Crippen molar-refractivity contribution < 1.29 is 0 Å². The first-order valence-electron chi connectivity index (χ1n) is 11.0. The second kappa shape index (κ2) is 12.3. The number of thiocarbonyl (C=S) groups is 2. The number of rotatable bonds is 9. The van der Waals surface area contributed by atoms with Gasteiger partial charge in [0.2, 0.25) is 0 Å². The number of benzene rings is 2. The van der Waals surface area contributed by atoms with Gasteiger partial charge in [-0.3, -0.25) is 9.80 Å². The van der Waals surface area contributed by atoms with Gasteiger partial charge in [0.25, 0.3) is 0 Å². The quantitative estimate of drug-likeness (QED) is 0.457. The fraction of sp³-hybridized carbons (Fsp3) is 0.417. The van der Waals surface area contributed by atoms with E-state index in [0.29, 0.717) is 0 Å². The molecule has 0 aliphatic carbocycles. The van der Waals surface area contributed by atoms with Crippen molar-refractivity contribution in [3.8, 4) is 0 Å². The number of thioether (sulfide) groups is 2. The van der Waals surface area contributed by atoms with Crippen LogP contribution in [0.25, 0.3) is 0 Å². The van der Waals surface area contributed by atoms with E-state index in [2.05, 4.69) is 80.3 Å². The topological polar surface area (TPSA) is 13.0 Å². The highest BCUT2D eigenvalue weighted by Gasteiger charge is 2.25. The van der Waals surface area contributed by atoms with E-state index in [-0.39, 0.29) is 0 Å². The molecule has 32 heavy (non-hydrogen) atoms. The van der Waals surface area contributed by atoms with E-state index in [1.165, 1.54) is 11.1 Å². The lowest BCUT2D eigenvalue weighted by molar-refractivity contribution is 0.178. The molecule has 8 heteroatoms. The predicted octanol–water partition coefficient (Wildman–Crippen LogP) is 4.57. The molecule has 170 valence electrons. The van der Waals surface area contributed by atoms with Gasteiger partial charge in [0.15, 0.2) is 0 Å². The average molecular weight is 503 g/mol. The maximum atomic E-state index is 5.67. The number of hydrogen-bond donors (Lipinski definition) is 0. The van der Waals surface area contributed by atoms with Crippen LogP contribution >= 0.6 is 48.0 Å². The average Bonchev–Trinajstić information content (AvgIpc) is 2.84. The zero-order valence-electron chi connectivity index (χ0n) is 18.3. The van der Waals surface area contributed by atoms with E-state index in [0.717, 1.165) is 72.8 Å². The molecule has 0 radical (unpaired) electrons. The van der Waals surface area contributed by atoms with Crippen LogP contribution in [0.3, 0.4) is 0 Å². The summed E-state index contributed by atoms with van der Waals surface area (Å²) in [7, 11) is 0. The summed E-state index contributed by atoms with van der Waals surface area (Å²) in [4.78, 5) is 9.65. The van der Waals surface area contributed by atoms with Gasteiger partial charge in [-0.15, -0.1) is 0 Å². The molecule has 0 spiro atoms. The Morgan fingerprint density at radius 2 is 1.00 bits per heavy atom. The minimum atomic E-state index is 0.907. The Hall–Kier alpha value is -1.16. The van der Waals surface area contributed by atoms with Crippen molar-refractivity contribution >= 4 is 56.6 Å². The highest BCUT2D eigenvalue weighted by atomic mass is 32.2. The highest BCUT2D eigenvalue weighted by molar-refractivity contribution is 8.23. The summed E-state index contributed by atoms with van der Waals surface area (Å²) >= 11 is 14.9. The fourth-order valence-corrected chi connectivity index (χ4v) is 6.14. The molecule has 2 aromatic carbocycles. The van der Waals surface area contributed by atoms with E-state index in [1.807, 2.05) is 0 Å². The monoisotopic (exact) mass is 502 g/mol. The second-order valence-corrected chi connectivity index (χ2v) is 11.3. The van der Waals surface area contributed by atoms with Gasteiger partial charge in [-0.1, -0.05) is 109 Å². The number of hydrogen-bond acceptors (Lipinski definition) is 6. The largest absolute Gasteiger partial charge is 0.343 e. The molecule has 0 unspecified atom stereocenters. The van der Waals surface area contributed by atoms with Gasteiger partial charge < -0.3 is 9.80 Å². The molecular weight excluding hydrogens is 473 g/mol. The second-order valence-electron chi connectivity index (χ2n) is 8.15. The van der Waals surface area contributed by atoms with Crippen LogP contribution in [0.5, 0.6) is 0 Å². The summed E-state index contributed by atoms with van der Waals surface area (Å²) < 4.78 is 2.02. The van der Waals surface area contributed by atoms with Gasteiger partial charge in [0.1, 0.15) is 8.64 Å². The molecule has 2 heterocycles. The summed E-state index contributed by atoms with van der Waals surface area (Å²) in [5.41, 5.74) is 2.78. The molecule has 0 saturated carbocycles. The summed E-state index contributed by atoms with van der Waals surface area (Å²) in [5, 5.41) is 0. The molecule has 2 aliphatic heterocycles. The molecule has 2 aromatic rings. The van der Waals surface area contributed by atoms with Crippen molar-refractivity contribution in [2.24, 2.45) is 0 Å². The van der Waals surface area contributed by atoms with Crippen LogP contribution in [0.1, 0.15) is 11.1 Å². The van der Waals surface area contributed by atoms with E-state index >= 15 is 0 Å². The SMILES string of the molecule is S=C1SCN(CCc2ccccc2)CN1CCN1CN(CCc2ccccc2)CSC1=S. The molecule has 4 nitrogen and oxygen atoms in total. The first-order valence-corrected chi connectivity index (χ1v) is 13.8. The smallest absolute Gasteiger partial charge is 0.138 e. The Morgan fingerprint density at radius 1 is 0.594 bits per heavy atom. The molecule has 0 aromatic heterocycles. The van der Waals surface area contributed by atoms with Crippen LogP contribution in [0.15, 0.2) is 60.7 Å². The Morgan fingerprint density at radius 3 is 1.41 bits per heavy atom. The van der Waals surface area contributed by atoms with Crippen LogP contribution in [0, 0.1) is 0 Å². The Bertz CT molecular complexity index is 807. The van der Waals surface area contributed by atoms with Crippen LogP contribution in [0.4, 0.5) is 0 Å². The van der Waals surface area contributed by atoms with E-state index in [4.69, 9.17) is 24.4 Å². The maximum absolute atomic E-state index is 5.67. The third-order valence-electron chi connectivity index (χ3n) is 5.76. The van der Waals surface area contributed by atoms with Crippen molar-refractivity contribution in [1.29, 1.82) is 0 Å². The molecule has 0 bridgehead atoms. The Balaban J connectivity index is 1.23. The normalized spacial score (nSPS) is 18.4. The summed E-state index contributed by atoms with van der Waals surface area (Å²) in [6.07, 6.45) is 2.15. The number of nitrogens with zero attached hydrogens (tertiary/aromatic N) is 4.